The fourth-order valence-corrected chi connectivity index (χ4v) is 1.90. The minimum atomic E-state index is -0.469. The number of hydrogen-bond acceptors (Lipinski definition) is 5. The van der Waals surface area contributed by atoms with Gasteiger partial charge >= 0.3 is 0 Å². The van der Waals surface area contributed by atoms with Gasteiger partial charge in [-0.05, 0) is 12.1 Å². The second kappa shape index (κ2) is 5.11. The molecule has 1 aromatic rings. The number of carbonyl (C=O) groups excluding carboxylic acids is 1. The van der Waals surface area contributed by atoms with Gasteiger partial charge in [-0.15, -0.1) is 0 Å². The number of nitrogens with two attached hydrogens (primary N) is 2. The Bertz CT molecular complexity index is 410. The smallest absolute Gasteiger partial charge is 0.252 e. The topological polar surface area (TPSA) is 94.5 Å². The Morgan fingerprint density at radius 2 is 2.47 bits per heavy atom. The van der Waals surface area contributed by atoms with Crippen molar-refractivity contribution in [1.29, 1.82) is 0 Å². The van der Waals surface area contributed by atoms with Crippen molar-refractivity contribution in [2.24, 2.45) is 11.5 Å². The van der Waals surface area contributed by atoms with Gasteiger partial charge in [0.1, 0.15) is 5.82 Å². The van der Waals surface area contributed by atoms with Crippen LogP contribution in [-0.4, -0.2) is 43.2 Å². The van der Waals surface area contributed by atoms with Crippen molar-refractivity contribution in [2.75, 3.05) is 31.1 Å². The highest BCUT2D eigenvalue weighted by molar-refractivity contribution is 5.97. The van der Waals surface area contributed by atoms with Crippen molar-refractivity contribution in [1.82, 2.24) is 4.98 Å². The summed E-state index contributed by atoms with van der Waals surface area (Å²) in [7, 11) is 0. The van der Waals surface area contributed by atoms with E-state index >= 15 is 0 Å². The summed E-state index contributed by atoms with van der Waals surface area (Å²) in [5, 5.41) is 0. The molecule has 0 radical (unpaired) electrons. The average molecular weight is 236 g/mol. The molecule has 1 aliphatic rings. The van der Waals surface area contributed by atoms with E-state index in [1.165, 1.54) is 0 Å². The summed E-state index contributed by atoms with van der Waals surface area (Å²) in [5.41, 5.74) is 11.3. The van der Waals surface area contributed by atoms with E-state index in [0.29, 0.717) is 37.6 Å². The minimum absolute atomic E-state index is 0.0218. The van der Waals surface area contributed by atoms with Crippen LogP contribution in [0.15, 0.2) is 18.3 Å². The third-order valence-electron chi connectivity index (χ3n) is 2.75. The van der Waals surface area contributed by atoms with Crippen molar-refractivity contribution in [2.45, 2.75) is 6.10 Å². The Kier molecular flexibility index (Phi) is 3.55. The lowest BCUT2D eigenvalue weighted by Gasteiger charge is -2.33. The molecule has 92 valence electrons. The SMILES string of the molecule is NCC1CN(c2ncccc2C(N)=O)CCO1. The van der Waals surface area contributed by atoms with Crippen LogP contribution in [0.1, 0.15) is 10.4 Å². The van der Waals surface area contributed by atoms with Gasteiger partial charge in [0.05, 0.1) is 18.3 Å². The quantitative estimate of drug-likeness (QED) is 0.727. The number of nitrogens with zero attached hydrogens (tertiary/aromatic N) is 2. The summed E-state index contributed by atoms with van der Waals surface area (Å²) < 4.78 is 5.47. The van der Waals surface area contributed by atoms with E-state index in [4.69, 9.17) is 16.2 Å². The molecule has 1 unspecified atom stereocenters. The third-order valence-corrected chi connectivity index (χ3v) is 2.75. The first-order valence-electron chi connectivity index (χ1n) is 5.54. The Balaban J connectivity index is 2.24. The number of hydrogen-bond donors (Lipinski definition) is 2. The second-order valence-corrected chi connectivity index (χ2v) is 3.91. The molecule has 17 heavy (non-hydrogen) atoms. The van der Waals surface area contributed by atoms with E-state index in [0.717, 1.165) is 0 Å². The molecule has 0 spiro atoms. The standard InChI is InChI=1S/C11H16N4O2/c12-6-8-7-15(4-5-17-8)11-9(10(13)16)2-1-3-14-11/h1-3,8H,4-7,12H2,(H2,13,16). The van der Waals surface area contributed by atoms with Crippen LogP contribution < -0.4 is 16.4 Å². The van der Waals surface area contributed by atoms with Crippen molar-refractivity contribution in [3.8, 4) is 0 Å². The highest BCUT2D eigenvalue weighted by Gasteiger charge is 2.23. The molecule has 0 bridgehead atoms. The highest BCUT2D eigenvalue weighted by Crippen LogP contribution is 2.19. The molecule has 1 saturated heterocycles. The zero-order valence-corrected chi connectivity index (χ0v) is 9.50. The van der Waals surface area contributed by atoms with Gasteiger partial charge in [-0.25, -0.2) is 4.98 Å². The molecule has 1 amide bonds. The number of amides is 1. The molecule has 1 aliphatic heterocycles. The summed E-state index contributed by atoms with van der Waals surface area (Å²) in [6.07, 6.45) is 1.63. The van der Waals surface area contributed by atoms with Gasteiger partial charge in [-0.3, -0.25) is 4.79 Å². The van der Waals surface area contributed by atoms with E-state index in [-0.39, 0.29) is 6.10 Å². The predicted molar refractivity (Wildman–Crippen MR) is 63.8 cm³/mol. The van der Waals surface area contributed by atoms with Crippen LogP contribution in [0, 0.1) is 0 Å². The number of morpholine rings is 1. The molecule has 1 aromatic heterocycles. The van der Waals surface area contributed by atoms with Crippen LogP contribution in [-0.2, 0) is 4.74 Å². The lowest BCUT2D eigenvalue weighted by Crippen LogP contribution is -2.46. The van der Waals surface area contributed by atoms with Crippen LogP contribution in [0.5, 0.6) is 0 Å². The molecule has 0 aromatic carbocycles. The predicted octanol–water partition coefficient (Wildman–Crippen LogP) is -0.656. The Morgan fingerprint density at radius 3 is 3.18 bits per heavy atom. The summed E-state index contributed by atoms with van der Waals surface area (Å²) >= 11 is 0. The molecule has 0 aliphatic carbocycles. The van der Waals surface area contributed by atoms with Crippen molar-refractivity contribution >= 4 is 11.7 Å². The largest absolute Gasteiger partial charge is 0.373 e. The molecule has 6 nitrogen and oxygen atoms in total. The normalized spacial score (nSPS) is 20.3. The Hall–Kier alpha value is -1.66. The van der Waals surface area contributed by atoms with E-state index in [1.807, 2.05) is 4.90 Å². The molecule has 2 rings (SSSR count). The maximum absolute atomic E-state index is 11.3. The van der Waals surface area contributed by atoms with Gasteiger partial charge in [-0.2, -0.15) is 0 Å². The maximum Gasteiger partial charge on any atom is 0.252 e. The van der Waals surface area contributed by atoms with E-state index in [9.17, 15) is 4.79 Å². The van der Waals surface area contributed by atoms with E-state index in [2.05, 4.69) is 4.98 Å². The minimum Gasteiger partial charge on any atom is -0.373 e. The number of carbonyl (C=O) groups is 1. The van der Waals surface area contributed by atoms with Gasteiger partial charge in [0.15, 0.2) is 0 Å². The Morgan fingerprint density at radius 1 is 1.65 bits per heavy atom. The van der Waals surface area contributed by atoms with E-state index < -0.39 is 5.91 Å². The monoisotopic (exact) mass is 236 g/mol. The fourth-order valence-electron chi connectivity index (χ4n) is 1.90. The molecule has 0 saturated carbocycles. The van der Waals surface area contributed by atoms with Crippen molar-refractivity contribution in [3.05, 3.63) is 23.9 Å². The molecule has 4 N–H and O–H groups in total. The van der Waals surface area contributed by atoms with Crippen molar-refractivity contribution < 1.29 is 9.53 Å². The first-order chi connectivity index (χ1) is 8.22. The first-order valence-corrected chi connectivity index (χ1v) is 5.54. The summed E-state index contributed by atoms with van der Waals surface area (Å²) in [5.74, 6) is 0.144. The maximum atomic E-state index is 11.3. The van der Waals surface area contributed by atoms with Gasteiger partial charge in [-0.1, -0.05) is 0 Å². The van der Waals surface area contributed by atoms with Crippen molar-refractivity contribution in [3.63, 3.8) is 0 Å². The molecule has 1 fully saturated rings. The van der Waals surface area contributed by atoms with Crippen LogP contribution in [0.4, 0.5) is 5.82 Å². The molecule has 6 heteroatoms. The molecule has 2 heterocycles. The number of rotatable bonds is 3. The zero-order chi connectivity index (χ0) is 12.3. The number of aromatic nitrogens is 1. The fraction of sp³-hybridized carbons (Fsp3) is 0.455. The summed E-state index contributed by atoms with van der Waals surface area (Å²) in [4.78, 5) is 17.5. The summed E-state index contributed by atoms with van der Waals surface area (Å²) in [6.45, 7) is 2.35. The van der Waals surface area contributed by atoms with Gasteiger partial charge in [0, 0.05) is 25.8 Å². The highest BCUT2D eigenvalue weighted by atomic mass is 16.5. The molecule has 1 atom stereocenters. The second-order valence-electron chi connectivity index (χ2n) is 3.91. The lowest BCUT2D eigenvalue weighted by molar-refractivity contribution is 0.0462. The van der Waals surface area contributed by atoms with E-state index in [1.54, 1.807) is 18.3 Å². The number of ether oxygens (including phenoxy) is 1. The number of pyridine rings is 1. The zero-order valence-electron chi connectivity index (χ0n) is 9.50. The van der Waals surface area contributed by atoms with Gasteiger partial charge in [0.2, 0.25) is 0 Å². The lowest BCUT2D eigenvalue weighted by atomic mass is 10.2. The average Bonchev–Trinajstić information content (AvgIpc) is 2.39. The number of primary amides is 1. The Labute approximate surface area is 99.5 Å². The first kappa shape index (κ1) is 11.8. The number of anilines is 1. The van der Waals surface area contributed by atoms with Crippen LogP contribution in [0.3, 0.4) is 0 Å². The molecular formula is C11H16N4O2. The van der Waals surface area contributed by atoms with Crippen LogP contribution in [0.2, 0.25) is 0 Å². The van der Waals surface area contributed by atoms with Gasteiger partial charge in [0.25, 0.3) is 5.91 Å². The van der Waals surface area contributed by atoms with Crippen LogP contribution in [0.25, 0.3) is 0 Å². The molecular weight excluding hydrogens is 220 g/mol. The third kappa shape index (κ3) is 2.54. The van der Waals surface area contributed by atoms with Gasteiger partial charge < -0.3 is 21.1 Å². The van der Waals surface area contributed by atoms with Crippen LogP contribution >= 0.6 is 0 Å². The summed E-state index contributed by atoms with van der Waals surface area (Å²) in [6, 6.07) is 3.38.